The lowest BCUT2D eigenvalue weighted by atomic mass is 10.1. The molecule has 0 radical (unpaired) electrons. The summed E-state index contributed by atoms with van der Waals surface area (Å²) in [5.74, 6) is 0.453. The van der Waals surface area contributed by atoms with E-state index in [-0.39, 0.29) is 12.0 Å². The van der Waals surface area contributed by atoms with Gasteiger partial charge < -0.3 is 10.1 Å². The standard InChI is InChI=1S/C18H20BrNO2S/c1-12(2)22-17-9-6-14(19)10-16(17)18(21)20-11-13-4-7-15(23-3)8-5-13/h4-10,12H,11H2,1-3H3,(H,20,21). The van der Waals surface area contributed by atoms with Gasteiger partial charge in [-0.15, -0.1) is 11.8 Å². The van der Waals surface area contributed by atoms with Gasteiger partial charge in [0, 0.05) is 15.9 Å². The number of amides is 1. The Labute approximate surface area is 149 Å². The van der Waals surface area contributed by atoms with Gasteiger partial charge in [-0.05, 0) is 56.0 Å². The molecule has 1 amide bonds. The molecule has 0 aliphatic carbocycles. The van der Waals surface area contributed by atoms with Crippen LogP contribution in [0, 0.1) is 0 Å². The van der Waals surface area contributed by atoms with Crippen molar-refractivity contribution in [1.82, 2.24) is 5.32 Å². The normalized spacial score (nSPS) is 10.7. The fraction of sp³-hybridized carbons (Fsp3) is 0.278. The molecule has 2 rings (SSSR count). The molecule has 0 spiro atoms. The fourth-order valence-corrected chi connectivity index (χ4v) is 2.83. The Balaban J connectivity index is 2.08. The number of hydrogen-bond acceptors (Lipinski definition) is 3. The SMILES string of the molecule is CSc1ccc(CNC(=O)c2cc(Br)ccc2OC(C)C)cc1. The molecule has 0 fully saturated rings. The van der Waals surface area contributed by atoms with Crippen LogP contribution in [0.1, 0.15) is 29.8 Å². The molecule has 122 valence electrons. The Kier molecular flexibility index (Phi) is 6.54. The third kappa shape index (κ3) is 5.29. The summed E-state index contributed by atoms with van der Waals surface area (Å²) in [5.41, 5.74) is 1.60. The molecule has 2 aromatic rings. The minimum Gasteiger partial charge on any atom is -0.490 e. The highest BCUT2D eigenvalue weighted by Gasteiger charge is 2.14. The second-order valence-corrected chi connectivity index (χ2v) is 7.13. The van der Waals surface area contributed by atoms with Crippen molar-refractivity contribution >= 4 is 33.6 Å². The molecule has 5 heteroatoms. The van der Waals surface area contributed by atoms with Crippen LogP contribution in [0.4, 0.5) is 0 Å². The molecule has 0 aliphatic rings. The predicted octanol–water partition coefficient (Wildman–Crippen LogP) is 4.89. The van der Waals surface area contributed by atoms with Gasteiger partial charge in [0.2, 0.25) is 0 Å². The molecule has 0 unspecified atom stereocenters. The topological polar surface area (TPSA) is 38.3 Å². The quantitative estimate of drug-likeness (QED) is 0.710. The van der Waals surface area contributed by atoms with E-state index in [0.717, 1.165) is 10.0 Å². The number of carbonyl (C=O) groups excluding carboxylic acids is 1. The Hall–Kier alpha value is -1.46. The maximum absolute atomic E-state index is 12.5. The summed E-state index contributed by atoms with van der Waals surface area (Å²) in [5, 5.41) is 2.95. The zero-order chi connectivity index (χ0) is 16.8. The number of ether oxygens (including phenoxy) is 1. The van der Waals surface area contributed by atoms with Gasteiger partial charge >= 0.3 is 0 Å². The van der Waals surface area contributed by atoms with E-state index in [4.69, 9.17) is 4.74 Å². The summed E-state index contributed by atoms with van der Waals surface area (Å²) in [7, 11) is 0. The second kappa shape index (κ2) is 8.41. The van der Waals surface area contributed by atoms with Crippen LogP contribution in [0.25, 0.3) is 0 Å². The van der Waals surface area contributed by atoms with Crippen molar-refractivity contribution in [2.24, 2.45) is 0 Å². The summed E-state index contributed by atoms with van der Waals surface area (Å²) < 4.78 is 6.57. The summed E-state index contributed by atoms with van der Waals surface area (Å²) >= 11 is 5.10. The van der Waals surface area contributed by atoms with E-state index in [1.54, 1.807) is 17.8 Å². The van der Waals surface area contributed by atoms with E-state index in [9.17, 15) is 4.79 Å². The van der Waals surface area contributed by atoms with Gasteiger partial charge in [-0.3, -0.25) is 4.79 Å². The lowest BCUT2D eigenvalue weighted by molar-refractivity contribution is 0.0945. The lowest BCUT2D eigenvalue weighted by Gasteiger charge is -2.14. The zero-order valence-electron chi connectivity index (χ0n) is 13.4. The smallest absolute Gasteiger partial charge is 0.255 e. The van der Waals surface area contributed by atoms with Gasteiger partial charge in [-0.1, -0.05) is 28.1 Å². The van der Waals surface area contributed by atoms with Crippen molar-refractivity contribution in [1.29, 1.82) is 0 Å². The first-order valence-electron chi connectivity index (χ1n) is 7.37. The first-order chi connectivity index (χ1) is 11.0. The van der Waals surface area contributed by atoms with E-state index in [2.05, 4.69) is 33.4 Å². The Morgan fingerprint density at radius 3 is 2.52 bits per heavy atom. The first-order valence-corrected chi connectivity index (χ1v) is 9.38. The zero-order valence-corrected chi connectivity index (χ0v) is 15.8. The number of rotatable bonds is 6. The Bertz CT molecular complexity index is 671. The predicted molar refractivity (Wildman–Crippen MR) is 99.3 cm³/mol. The average Bonchev–Trinajstić information content (AvgIpc) is 2.54. The molecule has 0 saturated heterocycles. The van der Waals surface area contributed by atoms with Crippen molar-refractivity contribution in [3.8, 4) is 5.75 Å². The minimum absolute atomic E-state index is 0.0156. The van der Waals surface area contributed by atoms with Crippen molar-refractivity contribution in [2.75, 3.05) is 6.26 Å². The maximum Gasteiger partial charge on any atom is 0.255 e. The summed E-state index contributed by atoms with van der Waals surface area (Å²) in [6.07, 6.45) is 2.06. The first kappa shape index (κ1) is 17.9. The highest BCUT2D eigenvalue weighted by molar-refractivity contribution is 9.10. The third-order valence-corrected chi connectivity index (χ3v) is 4.40. The van der Waals surface area contributed by atoms with Gasteiger partial charge in [0.15, 0.2) is 0 Å². The highest BCUT2D eigenvalue weighted by atomic mass is 79.9. The van der Waals surface area contributed by atoms with E-state index < -0.39 is 0 Å². The average molecular weight is 394 g/mol. The number of carbonyl (C=O) groups is 1. The van der Waals surface area contributed by atoms with Crippen LogP contribution in [-0.4, -0.2) is 18.3 Å². The molecule has 0 bridgehead atoms. The number of thioether (sulfide) groups is 1. The summed E-state index contributed by atoms with van der Waals surface area (Å²) in [6, 6.07) is 13.6. The molecule has 2 aromatic carbocycles. The number of hydrogen-bond donors (Lipinski definition) is 1. The maximum atomic E-state index is 12.5. The van der Waals surface area contributed by atoms with Gasteiger partial charge in [0.05, 0.1) is 11.7 Å². The monoisotopic (exact) mass is 393 g/mol. The molecule has 0 aliphatic heterocycles. The Morgan fingerprint density at radius 2 is 1.91 bits per heavy atom. The van der Waals surface area contributed by atoms with Crippen molar-refractivity contribution in [3.63, 3.8) is 0 Å². The van der Waals surface area contributed by atoms with E-state index in [1.807, 2.05) is 44.4 Å². The molecule has 0 heterocycles. The van der Waals surface area contributed by atoms with E-state index in [1.165, 1.54) is 4.90 Å². The van der Waals surface area contributed by atoms with Gasteiger partial charge in [-0.25, -0.2) is 0 Å². The summed E-state index contributed by atoms with van der Waals surface area (Å²) in [4.78, 5) is 13.7. The van der Waals surface area contributed by atoms with Crippen LogP contribution in [0.3, 0.4) is 0 Å². The van der Waals surface area contributed by atoms with Crippen LogP contribution < -0.4 is 10.1 Å². The lowest BCUT2D eigenvalue weighted by Crippen LogP contribution is -2.24. The molecule has 23 heavy (non-hydrogen) atoms. The molecule has 0 saturated carbocycles. The highest BCUT2D eigenvalue weighted by Crippen LogP contribution is 2.24. The van der Waals surface area contributed by atoms with Gasteiger partial charge in [0.25, 0.3) is 5.91 Å². The van der Waals surface area contributed by atoms with Crippen LogP contribution in [0.5, 0.6) is 5.75 Å². The van der Waals surface area contributed by atoms with Crippen LogP contribution >= 0.6 is 27.7 Å². The molecular weight excluding hydrogens is 374 g/mol. The van der Waals surface area contributed by atoms with Crippen molar-refractivity contribution < 1.29 is 9.53 Å². The largest absolute Gasteiger partial charge is 0.490 e. The molecular formula is C18H20BrNO2S. The minimum atomic E-state index is -0.143. The van der Waals surface area contributed by atoms with E-state index >= 15 is 0 Å². The number of nitrogens with one attached hydrogen (secondary N) is 1. The van der Waals surface area contributed by atoms with Crippen LogP contribution in [-0.2, 0) is 6.54 Å². The van der Waals surface area contributed by atoms with Crippen LogP contribution in [0.2, 0.25) is 0 Å². The Morgan fingerprint density at radius 1 is 1.22 bits per heavy atom. The summed E-state index contributed by atoms with van der Waals surface area (Å²) in [6.45, 7) is 4.37. The fourth-order valence-electron chi connectivity index (χ4n) is 2.06. The third-order valence-electron chi connectivity index (χ3n) is 3.16. The number of halogens is 1. The number of benzene rings is 2. The van der Waals surface area contributed by atoms with Crippen molar-refractivity contribution in [3.05, 3.63) is 58.1 Å². The molecule has 0 atom stereocenters. The van der Waals surface area contributed by atoms with Crippen LogP contribution in [0.15, 0.2) is 51.8 Å². The molecule has 1 N–H and O–H groups in total. The second-order valence-electron chi connectivity index (χ2n) is 5.34. The van der Waals surface area contributed by atoms with Gasteiger partial charge in [-0.2, -0.15) is 0 Å². The van der Waals surface area contributed by atoms with Crippen molar-refractivity contribution in [2.45, 2.75) is 31.4 Å². The van der Waals surface area contributed by atoms with E-state index in [0.29, 0.717) is 17.9 Å². The molecule has 3 nitrogen and oxygen atoms in total. The molecule has 0 aromatic heterocycles. The van der Waals surface area contributed by atoms with Gasteiger partial charge in [0.1, 0.15) is 5.75 Å².